The minimum Gasteiger partial charge on any atom is -0.390 e. The summed E-state index contributed by atoms with van der Waals surface area (Å²) in [5.74, 6) is 5.56. The summed E-state index contributed by atoms with van der Waals surface area (Å²) in [5, 5.41) is 11.2. The van der Waals surface area contributed by atoms with Gasteiger partial charge in [0.15, 0.2) is 0 Å². The first-order valence-corrected chi connectivity index (χ1v) is 3.92. The maximum Gasteiger partial charge on any atom is 0.0949 e. The van der Waals surface area contributed by atoms with Crippen molar-refractivity contribution in [1.29, 1.82) is 0 Å². The number of nitrogens with two attached hydrogens (primary N) is 1. The van der Waals surface area contributed by atoms with Crippen LogP contribution < -0.4 is 5.84 Å². The third-order valence-corrected chi connectivity index (χ3v) is 2.20. The van der Waals surface area contributed by atoms with Crippen LogP contribution in [0.15, 0.2) is 18.7 Å². The summed E-state index contributed by atoms with van der Waals surface area (Å²) in [6, 6.07) is 0.0532. The average Bonchev–Trinajstić information content (AvgIpc) is 2.58. The normalized spacial score (nSPS) is 31.2. The number of aliphatic hydroxyl groups excluding tert-OH is 1. The first-order valence-electron chi connectivity index (χ1n) is 3.92. The van der Waals surface area contributed by atoms with Crippen LogP contribution in [-0.4, -0.2) is 38.9 Å². The average molecular weight is 168 g/mol. The van der Waals surface area contributed by atoms with Crippen LogP contribution >= 0.6 is 0 Å². The third kappa shape index (κ3) is 1.22. The van der Waals surface area contributed by atoms with E-state index in [9.17, 15) is 5.11 Å². The van der Waals surface area contributed by atoms with E-state index in [1.165, 1.54) is 0 Å². The predicted molar refractivity (Wildman–Crippen MR) is 43.0 cm³/mol. The molecular formula is C7H12N4O. The Morgan fingerprint density at radius 2 is 2.33 bits per heavy atom. The first-order chi connectivity index (χ1) is 5.77. The van der Waals surface area contributed by atoms with Crippen LogP contribution in [0.4, 0.5) is 0 Å². The Morgan fingerprint density at radius 1 is 1.50 bits per heavy atom. The molecule has 0 aromatic carbocycles. The highest BCUT2D eigenvalue weighted by Gasteiger charge is 2.30. The summed E-state index contributed by atoms with van der Waals surface area (Å²) in [4.78, 5) is 3.92. The molecule has 1 fully saturated rings. The van der Waals surface area contributed by atoms with Gasteiger partial charge in [-0.2, -0.15) is 0 Å². The molecule has 2 heterocycles. The van der Waals surface area contributed by atoms with Crippen molar-refractivity contribution in [2.75, 3.05) is 13.1 Å². The molecule has 5 heteroatoms. The van der Waals surface area contributed by atoms with Crippen LogP contribution in [0.3, 0.4) is 0 Å². The lowest BCUT2D eigenvalue weighted by Crippen LogP contribution is -2.28. The highest BCUT2D eigenvalue weighted by Crippen LogP contribution is 2.18. The SMILES string of the molecule is NN1C[C@@H](O)[C@H](n2ccnc2)C1. The quantitative estimate of drug-likeness (QED) is 0.526. The van der Waals surface area contributed by atoms with Gasteiger partial charge in [-0.25, -0.2) is 9.99 Å². The van der Waals surface area contributed by atoms with Crippen molar-refractivity contribution in [2.45, 2.75) is 12.1 Å². The number of nitrogens with zero attached hydrogens (tertiary/aromatic N) is 3. The van der Waals surface area contributed by atoms with E-state index in [1.54, 1.807) is 17.5 Å². The molecule has 5 nitrogen and oxygen atoms in total. The predicted octanol–water partition coefficient (Wildman–Crippen LogP) is -1.03. The van der Waals surface area contributed by atoms with Gasteiger partial charge in [0.2, 0.25) is 0 Å². The minimum atomic E-state index is -0.385. The van der Waals surface area contributed by atoms with Crippen LogP contribution in [0.2, 0.25) is 0 Å². The zero-order valence-corrected chi connectivity index (χ0v) is 6.67. The van der Waals surface area contributed by atoms with Crippen molar-refractivity contribution >= 4 is 0 Å². The number of hydrazine groups is 1. The largest absolute Gasteiger partial charge is 0.390 e. The number of hydrogen-bond donors (Lipinski definition) is 2. The molecule has 0 aliphatic carbocycles. The van der Waals surface area contributed by atoms with Crippen molar-refractivity contribution in [3.63, 3.8) is 0 Å². The molecule has 0 unspecified atom stereocenters. The van der Waals surface area contributed by atoms with E-state index in [4.69, 9.17) is 5.84 Å². The lowest BCUT2D eigenvalue weighted by molar-refractivity contribution is 0.144. The van der Waals surface area contributed by atoms with Crippen molar-refractivity contribution < 1.29 is 5.11 Å². The van der Waals surface area contributed by atoms with Gasteiger partial charge >= 0.3 is 0 Å². The molecule has 1 saturated heterocycles. The number of imidazole rings is 1. The second kappa shape index (κ2) is 2.85. The van der Waals surface area contributed by atoms with Gasteiger partial charge in [-0.1, -0.05) is 0 Å². The monoisotopic (exact) mass is 168 g/mol. The van der Waals surface area contributed by atoms with Gasteiger partial charge in [0.05, 0.1) is 18.5 Å². The van der Waals surface area contributed by atoms with E-state index in [1.807, 2.05) is 10.8 Å². The number of aromatic nitrogens is 2. The van der Waals surface area contributed by atoms with Gasteiger partial charge < -0.3 is 9.67 Å². The molecule has 2 rings (SSSR count). The summed E-state index contributed by atoms with van der Waals surface area (Å²) in [7, 11) is 0. The fourth-order valence-corrected chi connectivity index (χ4v) is 1.56. The van der Waals surface area contributed by atoms with Crippen LogP contribution in [0.25, 0.3) is 0 Å². The molecule has 3 N–H and O–H groups in total. The third-order valence-electron chi connectivity index (χ3n) is 2.20. The maximum atomic E-state index is 9.56. The van der Waals surface area contributed by atoms with E-state index in [2.05, 4.69) is 4.98 Å². The second-order valence-electron chi connectivity index (χ2n) is 3.10. The standard InChI is InChI=1S/C7H12N4O/c8-11-3-6(7(12)4-11)10-2-1-9-5-10/h1-2,5-7,12H,3-4,8H2/t6-,7-/m1/s1. The van der Waals surface area contributed by atoms with Crippen LogP contribution in [0.1, 0.15) is 6.04 Å². The Hall–Kier alpha value is -0.910. The topological polar surface area (TPSA) is 67.3 Å². The molecule has 0 saturated carbocycles. The van der Waals surface area contributed by atoms with E-state index in [0.29, 0.717) is 13.1 Å². The highest BCUT2D eigenvalue weighted by atomic mass is 16.3. The molecule has 0 bridgehead atoms. The summed E-state index contributed by atoms with van der Waals surface area (Å²) in [5.41, 5.74) is 0. The van der Waals surface area contributed by atoms with Gasteiger partial charge in [-0.3, -0.25) is 5.84 Å². The van der Waals surface area contributed by atoms with Crippen LogP contribution in [0.5, 0.6) is 0 Å². The smallest absolute Gasteiger partial charge is 0.0949 e. The number of β-amino-alcohol motifs (C(OH)–C–C–N with tert-alkyl or cyclic N) is 1. The van der Waals surface area contributed by atoms with Gasteiger partial charge in [0, 0.05) is 25.5 Å². The van der Waals surface area contributed by atoms with Crippen molar-refractivity contribution in [1.82, 2.24) is 14.6 Å². The zero-order chi connectivity index (χ0) is 8.55. The van der Waals surface area contributed by atoms with Crippen LogP contribution in [-0.2, 0) is 0 Å². The van der Waals surface area contributed by atoms with Crippen LogP contribution in [0, 0.1) is 0 Å². The Morgan fingerprint density at radius 3 is 2.83 bits per heavy atom. The van der Waals surface area contributed by atoms with Gasteiger partial charge in [-0.05, 0) is 0 Å². The summed E-state index contributed by atoms with van der Waals surface area (Å²) in [6.45, 7) is 1.21. The molecule has 1 aliphatic heterocycles. The number of aliphatic hydroxyl groups is 1. The van der Waals surface area contributed by atoms with Gasteiger partial charge in [0.25, 0.3) is 0 Å². The molecule has 66 valence electrons. The minimum absolute atomic E-state index is 0.0532. The summed E-state index contributed by atoms with van der Waals surface area (Å²) in [6.07, 6.45) is 4.86. The molecule has 0 radical (unpaired) electrons. The maximum absolute atomic E-state index is 9.56. The van der Waals surface area contributed by atoms with E-state index in [0.717, 1.165) is 0 Å². The van der Waals surface area contributed by atoms with Gasteiger partial charge in [-0.15, -0.1) is 0 Å². The molecule has 0 spiro atoms. The molecule has 12 heavy (non-hydrogen) atoms. The van der Waals surface area contributed by atoms with Crippen molar-refractivity contribution in [3.8, 4) is 0 Å². The van der Waals surface area contributed by atoms with Crippen molar-refractivity contribution in [2.24, 2.45) is 5.84 Å². The second-order valence-corrected chi connectivity index (χ2v) is 3.10. The lowest BCUT2D eigenvalue weighted by atomic mass is 10.2. The van der Waals surface area contributed by atoms with Crippen molar-refractivity contribution in [3.05, 3.63) is 18.7 Å². The molecule has 0 amide bonds. The molecular weight excluding hydrogens is 156 g/mol. The molecule has 1 aromatic rings. The first kappa shape index (κ1) is 7.72. The molecule has 1 aromatic heterocycles. The molecule has 1 aliphatic rings. The Labute approximate surface area is 70.4 Å². The summed E-state index contributed by atoms with van der Waals surface area (Å²) < 4.78 is 1.89. The van der Waals surface area contributed by atoms with E-state index < -0.39 is 0 Å². The Bertz CT molecular complexity index is 248. The Kier molecular flexibility index (Phi) is 1.84. The molecule has 2 atom stereocenters. The fourth-order valence-electron chi connectivity index (χ4n) is 1.56. The van der Waals surface area contributed by atoms with Gasteiger partial charge in [0.1, 0.15) is 0 Å². The number of hydrogen-bond acceptors (Lipinski definition) is 4. The number of rotatable bonds is 1. The fraction of sp³-hybridized carbons (Fsp3) is 0.571. The lowest BCUT2D eigenvalue weighted by Gasteiger charge is -2.13. The van der Waals surface area contributed by atoms with E-state index >= 15 is 0 Å². The summed E-state index contributed by atoms with van der Waals surface area (Å²) >= 11 is 0. The zero-order valence-electron chi connectivity index (χ0n) is 6.67. The van der Waals surface area contributed by atoms with E-state index in [-0.39, 0.29) is 12.1 Å². The highest BCUT2D eigenvalue weighted by molar-refractivity contribution is 4.90. The Balaban J connectivity index is 2.15.